The van der Waals surface area contributed by atoms with Crippen LogP contribution < -0.4 is 5.32 Å². The molecule has 0 aromatic carbocycles. The molecule has 0 bridgehead atoms. The first kappa shape index (κ1) is 21.6. The van der Waals surface area contributed by atoms with Gasteiger partial charge in [0.15, 0.2) is 0 Å². The van der Waals surface area contributed by atoms with Gasteiger partial charge in [-0.3, -0.25) is 15.0 Å². The molecule has 0 aliphatic rings. The zero-order chi connectivity index (χ0) is 18.8. The molecule has 1 unspecified atom stereocenters. The minimum absolute atomic E-state index is 0.0389. The highest BCUT2D eigenvalue weighted by Crippen LogP contribution is 2.22. The molecule has 6 nitrogen and oxygen atoms in total. The lowest BCUT2D eigenvalue weighted by atomic mass is 10.0. The van der Waals surface area contributed by atoms with Gasteiger partial charge in [-0.15, -0.1) is 0 Å². The molecule has 0 saturated carbocycles. The maximum Gasteiger partial charge on any atom is 0.244 e. The summed E-state index contributed by atoms with van der Waals surface area (Å²) in [7, 11) is 0. The van der Waals surface area contributed by atoms with Crippen molar-refractivity contribution < 1.29 is 14.1 Å². The summed E-state index contributed by atoms with van der Waals surface area (Å²) in [6.45, 7) is 15.4. The highest BCUT2D eigenvalue weighted by molar-refractivity contribution is 5.94. The van der Waals surface area contributed by atoms with Crippen LogP contribution in [0.25, 0.3) is 0 Å². The summed E-state index contributed by atoms with van der Waals surface area (Å²) in [5, 5.41) is 6.96. The van der Waals surface area contributed by atoms with Gasteiger partial charge < -0.3 is 9.26 Å². The Morgan fingerprint density at radius 3 is 2.48 bits per heavy atom. The molecule has 1 aromatic heterocycles. The van der Waals surface area contributed by atoms with E-state index in [1.165, 1.54) is 0 Å². The van der Waals surface area contributed by atoms with Crippen LogP contribution in [0.2, 0.25) is 0 Å². The fraction of sp³-hybridized carbons (Fsp3) is 0.789. The fourth-order valence-electron chi connectivity index (χ4n) is 3.00. The van der Waals surface area contributed by atoms with Gasteiger partial charge in [0.25, 0.3) is 0 Å². The second-order valence-electron chi connectivity index (χ2n) is 6.69. The maximum atomic E-state index is 12.8. The van der Waals surface area contributed by atoms with Crippen molar-refractivity contribution in [3.05, 3.63) is 11.3 Å². The van der Waals surface area contributed by atoms with E-state index in [-0.39, 0.29) is 17.9 Å². The van der Waals surface area contributed by atoms with Crippen molar-refractivity contribution in [3.8, 4) is 0 Å². The summed E-state index contributed by atoms with van der Waals surface area (Å²) >= 11 is 0. The Bertz CT molecular complexity index is 510. The first-order chi connectivity index (χ1) is 12.0. The lowest BCUT2D eigenvalue weighted by Gasteiger charge is -2.31. The predicted molar refractivity (Wildman–Crippen MR) is 101 cm³/mol. The number of likely N-dealkylation sites (N-methyl/N-ethyl adjacent to an activating group) is 1. The van der Waals surface area contributed by atoms with E-state index in [1.54, 1.807) is 0 Å². The number of unbranched alkanes of at least 4 members (excludes halogenated alkanes) is 1. The normalized spacial score (nSPS) is 12.8. The Kier molecular flexibility index (Phi) is 9.75. The van der Waals surface area contributed by atoms with Crippen molar-refractivity contribution >= 4 is 11.8 Å². The largest absolute Gasteiger partial charge is 0.381 e. The minimum atomic E-state index is -0.186. The summed E-state index contributed by atoms with van der Waals surface area (Å²) in [4.78, 5) is 15.0. The van der Waals surface area contributed by atoms with Crippen LogP contribution in [0.3, 0.4) is 0 Å². The maximum absolute atomic E-state index is 12.8. The predicted octanol–water partition coefficient (Wildman–Crippen LogP) is 3.65. The standard InChI is InChI=1S/C19H35N3O3/c1-7-10-12-24-13-11-16-15(6)21-25-19(16)20-18(23)17(14(4)5)22(8-2)9-3/h14,17H,7-13H2,1-6H3,(H,20,23). The van der Waals surface area contributed by atoms with Crippen molar-refractivity contribution in [1.29, 1.82) is 0 Å². The molecule has 1 rings (SSSR count). The van der Waals surface area contributed by atoms with E-state index in [1.807, 2.05) is 6.92 Å². The third-order valence-electron chi connectivity index (χ3n) is 4.47. The molecule has 144 valence electrons. The Labute approximate surface area is 152 Å². The van der Waals surface area contributed by atoms with E-state index >= 15 is 0 Å². The smallest absolute Gasteiger partial charge is 0.244 e. The molecule has 1 aromatic rings. The lowest BCUT2D eigenvalue weighted by Crippen LogP contribution is -2.47. The second-order valence-corrected chi connectivity index (χ2v) is 6.69. The van der Waals surface area contributed by atoms with Gasteiger partial charge in [0.2, 0.25) is 11.8 Å². The van der Waals surface area contributed by atoms with E-state index in [4.69, 9.17) is 9.26 Å². The molecule has 0 radical (unpaired) electrons. The van der Waals surface area contributed by atoms with Crippen LogP contribution in [0.4, 0.5) is 5.88 Å². The van der Waals surface area contributed by atoms with Gasteiger partial charge in [0.05, 0.1) is 18.3 Å². The Morgan fingerprint density at radius 2 is 1.92 bits per heavy atom. The molecule has 0 saturated heterocycles. The summed E-state index contributed by atoms with van der Waals surface area (Å²) in [5.74, 6) is 0.632. The van der Waals surface area contributed by atoms with Gasteiger partial charge in [0, 0.05) is 18.6 Å². The number of nitrogens with one attached hydrogen (secondary N) is 1. The third kappa shape index (κ3) is 6.44. The number of ether oxygens (including phenoxy) is 1. The van der Waals surface area contributed by atoms with Crippen molar-refractivity contribution in [2.75, 3.05) is 31.6 Å². The van der Waals surface area contributed by atoms with E-state index in [9.17, 15) is 4.79 Å². The zero-order valence-electron chi connectivity index (χ0n) is 16.7. The Balaban J connectivity index is 2.76. The Hall–Kier alpha value is -1.40. The van der Waals surface area contributed by atoms with E-state index in [2.05, 4.69) is 50.0 Å². The van der Waals surface area contributed by atoms with Gasteiger partial charge in [-0.2, -0.15) is 0 Å². The molecule has 25 heavy (non-hydrogen) atoms. The topological polar surface area (TPSA) is 67.6 Å². The van der Waals surface area contributed by atoms with Crippen LogP contribution in [0, 0.1) is 12.8 Å². The van der Waals surface area contributed by atoms with Crippen LogP contribution in [-0.4, -0.2) is 48.3 Å². The fourth-order valence-corrected chi connectivity index (χ4v) is 3.00. The zero-order valence-corrected chi connectivity index (χ0v) is 16.7. The van der Waals surface area contributed by atoms with Crippen LogP contribution in [0.1, 0.15) is 58.7 Å². The van der Waals surface area contributed by atoms with Gasteiger partial charge in [0.1, 0.15) is 0 Å². The highest BCUT2D eigenvalue weighted by Gasteiger charge is 2.28. The molecule has 0 aliphatic heterocycles. The van der Waals surface area contributed by atoms with Gasteiger partial charge >= 0.3 is 0 Å². The molecule has 1 atom stereocenters. The monoisotopic (exact) mass is 353 g/mol. The van der Waals surface area contributed by atoms with Gasteiger partial charge in [-0.1, -0.05) is 46.2 Å². The summed E-state index contributed by atoms with van der Waals surface area (Å²) in [5.41, 5.74) is 1.73. The van der Waals surface area contributed by atoms with E-state index < -0.39 is 0 Å². The number of hydrogen-bond acceptors (Lipinski definition) is 5. The molecular formula is C19H35N3O3. The second kappa shape index (κ2) is 11.3. The quantitative estimate of drug-likeness (QED) is 0.581. The van der Waals surface area contributed by atoms with Crippen LogP contribution in [-0.2, 0) is 16.0 Å². The summed E-state index contributed by atoms with van der Waals surface area (Å²) in [6.07, 6.45) is 2.87. The van der Waals surface area contributed by atoms with Gasteiger partial charge in [-0.05, 0) is 32.4 Å². The van der Waals surface area contributed by atoms with E-state index in [0.717, 1.165) is 43.8 Å². The first-order valence-electron chi connectivity index (χ1n) is 9.53. The number of rotatable bonds is 12. The number of hydrogen-bond donors (Lipinski definition) is 1. The van der Waals surface area contributed by atoms with Crippen molar-refractivity contribution in [3.63, 3.8) is 0 Å². The molecule has 0 spiro atoms. The number of nitrogens with zero attached hydrogens (tertiary/aromatic N) is 2. The number of carbonyl (C=O) groups is 1. The number of amides is 1. The molecular weight excluding hydrogens is 318 g/mol. The molecule has 1 N–H and O–H groups in total. The molecule has 6 heteroatoms. The average Bonchev–Trinajstić information content (AvgIpc) is 2.91. The number of carbonyl (C=O) groups excluding carboxylic acids is 1. The van der Waals surface area contributed by atoms with Crippen molar-refractivity contribution in [2.24, 2.45) is 5.92 Å². The third-order valence-corrected chi connectivity index (χ3v) is 4.47. The highest BCUT2D eigenvalue weighted by atomic mass is 16.5. The SMILES string of the molecule is CCCCOCCc1c(C)noc1NC(=O)C(C(C)C)N(CC)CC. The lowest BCUT2D eigenvalue weighted by molar-refractivity contribution is -0.122. The van der Waals surface area contributed by atoms with Crippen LogP contribution in [0.15, 0.2) is 4.52 Å². The molecule has 1 amide bonds. The first-order valence-corrected chi connectivity index (χ1v) is 9.53. The summed E-state index contributed by atoms with van der Waals surface area (Å²) < 4.78 is 11.0. The van der Waals surface area contributed by atoms with Crippen LogP contribution >= 0.6 is 0 Å². The van der Waals surface area contributed by atoms with E-state index in [0.29, 0.717) is 18.9 Å². The summed E-state index contributed by atoms with van der Waals surface area (Å²) in [6, 6.07) is -0.186. The van der Waals surface area contributed by atoms with Gasteiger partial charge in [-0.25, -0.2) is 0 Å². The minimum Gasteiger partial charge on any atom is -0.381 e. The molecule has 1 heterocycles. The number of aryl methyl sites for hydroxylation is 1. The van der Waals surface area contributed by atoms with Crippen molar-refractivity contribution in [1.82, 2.24) is 10.1 Å². The Morgan fingerprint density at radius 1 is 1.24 bits per heavy atom. The average molecular weight is 354 g/mol. The molecule has 0 aliphatic carbocycles. The van der Waals surface area contributed by atoms with Crippen molar-refractivity contribution in [2.45, 2.75) is 66.8 Å². The van der Waals surface area contributed by atoms with Crippen LogP contribution in [0.5, 0.6) is 0 Å². The number of anilines is 1. The number of aromatic nitrogens is 1. The molecule has 0 fully saturated rings.